The Morgan fingerprint density at radius 1 is 0.414 bits per heavy atom. The van der Waals surface area contributed by atoms with E-state index in [1.54, 1.807) is 0 Å². The van der Waals surface area contributed by atoms with Crippen molar-refractivity contribution in [2.45, 2.75) is 0 Å². The summed E-state index contributed by atoms with van der Waals surface area (Å²) in [5.41, 5.74) is 0. The highest BCUT2D eigenvalue weighted by molar-refractivity contribution is 7.31. The van der Waals surface area contributed by atoms with Crippen molar-refractivity contribution in [3.05, 3.63) is 47.5 Å². The maximum absolute atomic E-state index is 6.85. The molecule has 0 amide bonds. The summed E-state index contributed by atoms with van der Waals surface area (Å²) >= 11 is 14.4. The van der Waals surface area contributed by atoms with Gasteiger partial charge in [-0.1, -0.05) is 11.6 Å². The second-order valence-corrected chi connectivity index (χ2v) is 12.5. The third kappa shape index (κ3) is 1.48. The summed E-state index contributed by atoms with van der Waals surface area (Å²) in [6, 6.07) is 16.1. The maximum atomic E-state index is 6.85. The molecule has 0 radical (unpaired) electrons. The normalized spacial score (nSPS) is 13.7. The van der Waals surface area contributed by atoms with E-state index < -0.39 is 0 Å². The Labute approximate surface area is 184 Å². The molecule has 0 bridgehead atoms. The first kappa shape index (κ1) is 14.9. The summed E-state index contributed by atoms with van der Waals surface area (Å²) in [5.74, 6) is 0. The zero-order valence-corrected chi connectivity index (χ0v) is 18.6. The topological polar surface area (TPSA) is 0 Å². The molecule has 0 spiro atoms. The van der Waals surface area contributed by atoms with Gasteiger partial charge in [-0.25, -0.2) is 0 Å². The Morgan fingerprint density at radius 2 is 0.759 bits per heavy atom. The average molecular weight is 459 g/mol. The van der Waals surface area contributed by atoms with Crippen LogP contribution < -0.4 is 0 Å². The molecule has 0 N–H and O–H groups in total. The fourth-order valence-corrected chi connectivity index (χ4v) is 10.3. The Balaban J connectivity index is 1.92. The highest BCUT2D eigenvalue weighted by Gasteiger charge is 2.25. The molecule has 0 aliphatic heterocycles. The number of hydrogen-bond acceptors (Lipinski definition) is 4. The van der Waals surface area contributed by atoms with Gasteiger partial charge in [0.1, 0.15) is 0 Å². The van der Waals surface area contributed by atoms with Crippen LogP contribution in [0.2, 0.25) is 5.02 Å². The van der Waals surface area contributed by atoms with Crippen LogP contribution in [0.25, 0.3) is 80.7 Å². The molecule has 29 heavy (non-hydrogen) atoms. The second kappa shape index (κ2) is 4.53. The molecular formula is C24H7ClS4. The minimum Gasteiger partial charge on any atom is -0.135 e. The fourth-order valence-electron chi connectivity index (χ4n) is 5.43. The monoisotopic (exact) mass is 458 g/mol. The molecule has 5 aromatic carbocycles. The van der Waals surface area contributed by atoms with Gasteiger partial charge >= 0.3 is 0 Å². The molecule has 0 nitrogen and oxygen atoms in total. The van der Waals surface area contributed by atoms with Crippen molar-refractivity contribution in [3.8, 4) is 0 Å². The molecule has 0 atom stereocenters. The maximum Gasteiger partial charge on any atom is 0.0599 e. The van der Waals surface area contributed by atoms with Gasteiger partial charge in [0, 0.05) is 76.0 Å². The van der Waals surface area contributed by atoms with Crippen molar-refractivity contribution >= 4 is 138 Å². The molecule has 4 aromatic heterocycles. The van der Waals surface area contributed by atoms with E-state index in [0.717, 1.165) is 5.02 Å². The highest BCUT2D eigenvalue weighted by atomic mass is 35.5. The summed E-state index contributed by atoms with van der Waals surface area (Å²) < 4.78 is 10.9. The van der Waals surface area contributed by atoms with E-state index in [2.05, 4.69) is 42.5 Å². The van der Waals surface area contributed by atoms with Crippen LogP contribution in [0.4, 0.5) is 0 Å². The van der Waals surface area contributed by atoms with E-state index >= 15 is 0 Å². The van der Waals surface area contributed by atoms with Gasteiger partial charge in [-0.15, -0.1) is 45.3 Å². The van der Waals surface area contributed by atoms with Crippen molar-refractivity contribution in [1.82, 2.24) is 0 Å². The first-order chi connectivity index (χ1) is 14.3. The van der Waals surface area contributed by atoms with Crippen molar-refractivity contribution in [3.63, 3.8) is 0 Å². The Bertz CT molecular complexity index is 2040. The van der Waals surface area contributed by atoms with E-state index in [0.29, 0.717) is 0 Å². The summed E-state index contributed by atoms with van der Waals surface area (Å²) in [4.78, 5) is 0. The zero-order valence-electron chi connectivity index (χ0n) is 14.6. The molecule has 0 aliphatic rings. The van der Waals surface area contributed by atoms with Crippen LogP contribution in [0.15, 0.2) is 42.5 Å². The molecule has 0 aliphatic carbocycles. The molecule has 0 saturated heterocycles. The van der Waals surface area contributed by atoms with Crippen molar-refractivity contribution < 1.29 is 0 Å². The SMILES string of the molecule is Clc1cc2sc3ccc4sc5ccc6sc7ccc8sc1c1c2c3c4c5c6c7c81. The van der Waals surface area contributed by atoms with E-state index in [9.17, 15) is 0 Å². The van der Waals surface area contributed by atoms with Crippen LogP contribution in [0, 0.1) is 0 Å². The van der Waals surface area contributed by atoms with Crippen molar-refractivity contribution in [2.24, 2.45) is 0 Å². The number of thiophene rings is 4. The summed E-state index contributed by atoms with van der Waals surface area (Å²) in [5, 5.41) is 12.4. The van der Waals surface area contributed by atoms with Gasteiger partial charge < -0.3 is 0 Å². The van der Waals surface area contributed by atoms with Gasteiger partial charge in [-0.2, -0.15) is 0 Å². The molecule has 0 unspecified atom stereocenters. The number of hydrogen-bond donors (Lipinski definition) is 0. The van der Waals surface area contributed by atoms with Gasteiger partial charge in [-0.3, -0.25) is 0 Å². The molecule has 9 rings (SSSR count). The van der Waals surface area contributed by atoms with Crippen LogP contribution in [-0.4, -0.2) is 0 Å². The van der Waals surface area contributed by atoms with Crippen LogP contribution in [0.3, 0.4) is 0 Å². The average Bonchev–Trinajstić information content (AvgIpc) is 3.43. The van der Waals surface area contributed by atoms with Crippen LogP contribution in [0.1, 0.15) is 0 Å². The second-order valence-electron chi connectivity index (χ2n) is 7.78. The van der Waals surface area contributed by atoms with Crippen molar-refractivity contribution in [1.29, 1.82) is 0 Å². The molecule has 0 saturated carbocycles. The van der Waals surface area contributed by atoms with E-state index in [1.165, 1.54) is 80.7 Å². The number of rotatable bonds is 0. The number of benzene rings is 4. The lowest BCUT2D eigenvalue weighted by atomic mass is 9.94. The van der Waals surface area contributed by atoms with E-state index in [1.807, 2.05) is 45.3 Å². The summed E-state index contributed by atoms with van der Waals surface area (Å²) in [6.07, 6.45) is 0. The predicted octanol–water partition coefficient (Wildman–Crippen LogP) is 10.1. The molecule has 134 valence electrons. The lowest BCUT2D eigenvalue weighted by Crippen LogP contribution is -1.79. The molecule has 5 heteroatoms. The lowest BCUT2D eigenvalue weighted by molar-refractivity contribution is 2.03. The molecular weight excluding hydrogens is 452 g/mol. The summed E-state index contributed by atoms with van der Waals surface area (Å²) in [6.45, 7) is 0. The lowest BCUT2D eigenvalue weighted by Gasteiger charge is -2.06. The largest absolute Gasteiger partial charge is 0.135 e. The first-order valence-corrected chi connectivity index (χ1v) is 13.0. The summed E-state index contributed by atoms with van der Waals surface area (Å²) in [7, 11) is 0. The highest BCUT2D eigenvalue weighted by Crippen LogP contribution is 2.56. The van der Waals surface area contributed by atoms with Gasteiger partial charge in [0.15, 0.2) is 0 Å². The van der Waals surface area contributed by atoms with Gasteiger partial charge in [-0.05, 0) is 42.5 Å². The number of halogens is 1. The predicted molar refractivity (Wildman–Crippen MR) is 137 cm³/mol. The molecule has 0 fully saturated rings. The minimum atomic E-state index is 0.889. The smallest absolute Gasteiger partial charge is 0.0599 e. The van der Waals surface area contributed by atoms with Crippen LogP contribution in [0.5, 0.6) is 0 Å². The third-order valence-corrected chi connectivity index (χ3v) is 11.4. The minimum absolute atomic E-state index is 0.889. The van der Waals surface area contributed by atoms with Crippen molar-refractivity contribution in [2.75, 3.05) is 0 Å². The standard InChI is InChI=1S/C24H7ClS4/c25-8-7-15-22-20-13(28-15)4-3-11-18(20)16-9(26-11)1-2-10-17(16)19-12(27-10)5-6-14-21(19)23(22)24(8)29-14/h1-7H. The van der Waals surface area contributed by atoms with Crippen LogP contribution >= 0.6 is 56.9 Å². The Morgan fingerprint density at radius 3 is 1.24 bits per heavy atom. The van der Waals surface area contributed by atoms with Gasteiger partial charge in [0.25, 0.3) is 0 Å². The Kier molecular flexibility index (Phi) is 2.34. The zero-order chi connectivity index (χ0) is 18.6. The molecule has 9 aromatic rings. The molecule has 4 heterocycles. The van der Waals surface area contributed by atoms with Crippen LogP contribution in [-0.2, 0) is 0 Å². The first-order valence-electron chi connectivity index (χ1n) is 9.38. The Hall–Kier alpha value is -1.95. The third-order valence-electron chi connectivity index (χ3n) is 6.46. The van der Waals surface area contributed by atoms with Gasteiger partial charge in [0.05, 0.1) is 9.72 Å². The fraction of sp³-hybridized carbons (Fsp3) is 0. The van der Waals surface area contributed by atoms with Gasteiger partial charge in [0.2, 0.25) is 0 Å². The van der Waals surface area contributed by atoms with E-state index in [4.69, 9.17) is 11.6 Å². The van der Waals surface area contributed by atoms with E-state index in [-0.39, 0.29) is 0 Å². The quantitative estimate of drug-likeness (QED) is 0.212.